The molecule has 4 aromatic rings. The van der Waals surface area contributed by atoms with Gasteiger partial charge in [-0.05, 0) is 66.9 Å². The Hall–Kier alpha value is -3.69. The van der Waals surface area contributed by atoms with Gasteiger partial charge in [-0.1, -0.05) is 29.5 Å². The summed E-state index contributed by atoms with van der Waals surface area (Å²) in [6.07, 6.45) is 0.240. The molecule has 2 atom stereocenters. The molecule has 1 saturated heterocycles. The summed E-state index contributed by atoms with van der Waals surface area (Å²) in [5, 5.41) is 13.3. The Morgan fingerprint density at radius 3 is 2.50 bits per heavy atom. The molecule has 1 aromatic heterocycles. The number of imide groups is 1. The number of carbonyl (C=O) groups excluding carboxylic acids is 1. The third-order valence-corrected chi connectivity index (χ3v) is 7.87. The summed E-state index contributed by atoms with van der Waals surface area (Å²) in [7, 11) is 0. The van der Waals surface area contributed by atoms with Crippen molar-refractivity contribution in [2.45, 2.75) is 32.7 Å². The van der Waals surface area contributed by atoms with Gasteiger partial charge in [-0.2, -0.15) is 9.28 Å². The minimum absolute atomic E-state index is 0.234. The van der Waals surface area contributed by atoms with E-state index in [0.29, 0.717) is 50.4 Å². The number of carbonyl (C=O) groups is 2. The first-order chi connectivity index (χ1) is 17.2. The minimum atomic E-state index is -1.13. The second-order valence-corrected chi connectivity index (χ2v) is 10.2. The number of aryl methyl sites for hydroxylation is 1. The Morgan fingerprint density at radius 1 is 1.08 bits per heavy atom. The Kier molecular flexibility index (Phi) is 6.05. The van der Waals surface area contributed by atoms with E-state index in [1.54, 1.807) is 50.2 Å². The van der Waals surface area contributed by atoms with Crippen molar-refractivity contribution in [3.8, 4) is 11.1 Å². The van der Waals surface area contributed by atoms with Gasteiger partial charge in [0.1, 0.15) is 17.7 Å². The first-order valence-electron chi connectivity index (χ1n) is 11.6. The van der Waals surface area contributed by atoms with E-state index in [2.05, 4.69) is 10.3 Å². The van der Waals surface area contributed by atoms with Crippen LogP contribution in [0.15, 0.2) is 54.6 Å². The number of quaternary nitrogens is 1. The molecule has 0 saturated carbocycles. The monoisotopic (exact) mass is 508 g/mol. The zero-order chi connectivity index (χ0) is 25.6. The molecule has 184 valence electrons. The van der Waals surface area contributed by atoms with Gasteiger partial charge in [0, 0.05) is 12.8 Å². The molecular weight excluding hydrogens is 484 g/mol. The van der Waals surface area contributed by atoms with Gasteiger partial charge < -0.3 is 10.4 Å². The van der Waals surface area contributed by atoms with Crippen LogP contribution in [-0.2, 0) is 0 Å². The van der Waals surface area contributed by atoms with Crippen molar-refractivity contribution >= 4 is 44.4 Å². The number of nitrogens with zero attached hydrogens (tertiary/aromatic N) is 2. The van der Waals surface area contributed by atoms with Gasteiger partial charge in [-0.15, -0.1) is 0 Å². The first kappa shape index (κ1) is 24.0. The van der Waals surface area contributed by atoms with Gasteiger partial charge in [0.15, 0.2) is 5.13 Å². The molecule has 0 spiro atoms. The highest BCUT2D eigenvalue weighted by Crippen LogP contribution is 2.34. The fourth-order valence-corrected chi connectivity index (χ4v) is 5.81. The standard InChI is InChI=1S/C27H23F2N3O3S/c1-15-12-17(5-8-20(15)25(33)32(27(34)35)11-3-4-16(32)2)18-6-9-22(21(29)13-18)30-26-31-23-10-7-19(28)14-24(23)36-26/h5-10,12-14,16H,3-4,11H2,1-2H3,(H-,30,31,33,34,35)/p+1/t16-,32?/m1/s1. The van der Waals surface area contributed by atoms with Crippen LogP contribution in [0.25, 0.3) is 21.3 Å². The summed E-state index contributed by atoms with van der Waals surface area (Å²) in [5.74, 6) is -1.26. The maximum atomic E-state index is 15.0. The van der Waals surface area contributed by atoms with Crippen molar-refractivity contribution < 1.29 is 28.0 Å². The number of aromatic nitrogens is 1. The molecule has 3 aromatic carbocycles. The lowest BCUT2D eigenvalue weighted by molar-refractivity contribution is -0.785. The van der Waals surface area contributed by atoms with Crippen molar-refractivity contribution in [3.05, 3.63) is 77.4 Å². The average Bonchev–Trinajstić information content (AvgIpc) is 3.42. The summed E-state index contributed by atoms with van der Waals surface area (Å²) in [6.45, 7) is 3.84. The van der Waals surface area contributed by atoms with Crippen LogP contribution < -0.4 is 5.32 Å². The lowest BCUT2D eigenvalue weighted by Gasteiger charge is -2.30. The molecule has 1 aliphatic heterocycles. The van der Waals surface area contributed by atoms with Crippen molar-refractivity contribution in [1.29, 1.82) is 0 Å². The molecule has 0 radical (unpaired) electrons. The molecule has 5 rings (SSSR count). The summed E-state index contributed by atoms with van der Waals surface area (Å²) in [5.41, 5.74) is 3.18. The zero-order valence-corrected chi connectivity index (χ0v) is 20.5. The molecule has 9 heteroatoms. The summed E-state index contributed by atoms with van der Waals surface area (Å²) in [6, 6.07) is 13.9. The Bertz CT molecular complexity index is 1520. The molecule has 6 nitrogen and oxygen atoms in total. The van der Waals surface area contributed by atoms with E-state index < -0.39 is 22.3 Å². The predicted molar refractivity (Wildman–Crippen MR) is 136 cm³/mol. The summed E-state index contributed by atoms with van der Waals surface area (Å²) in [4.78, 5) is 29.8. The molecule has 1 unspecified atom stereocenters. The topological polar surface area (TPSA) is 79.3 Å². The predicted octanol–water partition coefficient (Wildman–Crippen LogP) is 7.11. The van der Waals surface area contributed by atoms with E-state index in [1.165, 1.54) is 29.5 Å². The van der Waals surface area contributed by atoms with E-state index in [4.69, 9.17) is 0 Å². The highest BCUT2D eigenvalue weighted by molar-refractivity contribution is 7.22. The number of hydrogen-bond acceptors (Lipinski definition) is 5. The molecule has 0 aliphatic carbocycles. The number of rotatable bonds is 4. The number of fused-ring (bicyclic) bond motifs is 1. The molecule has 2 amide bonds. The molecule has 2 heterocycles. The average molecular weight is 509 g/mol. The van der Waals surface area contributed by atoms with E-state index in [-0.39, 0.29) is 24.1 Å². The van der Waals surface area contributed by atoms with Gasteiger partial charge in [-0.25, -0.2) is 18.6 Å². The molecule has 1 fully saturated rings. The first-order valence-corrected chi connectivity index (χ1v) is 12.4. The van der Waals surface area contributed by atoms with Crippen molar-refractivity contribution in [3.63, 3.8) is 0 Å². The van der Waals surface area contributed by atoms with Crippen molar-refractivity contribution in [2.75, 3.05) is 11.9 Å². The smallest absolute Gasteiger partial charge is 0.435 e. The fourth-order valence-electron chi connectivity index (χ4n) is 4.91. The van der Waals surface area contributed by atoms with E-state index in [0.717, 1.165) is 0 Å². The van der Waals surface area contributed by atoms with Gasteiger partial charge in [-0.3, -0.25) is 0 Å². The fraction of sp³-hybridized carbons (Fsp3) is 0.222. The molecule has 36 heavy (non-hydrogen) atoms. The van der Waals surface area contributed by atoms with Gasteiger partial charge in [0.2, 0.25) is 0 Å². The van der Waals surface area contributed by atoms with E-state index in [9.17, 15) is 23.5 Å². The number of carboxylic acid groups (broad SMARTS) is 1. The van der Waals surface area contributed by atoms with Crippen LogP contribution in [0.3, 0.4) is 0 Å². The normalized spacial score (nSPS) is 19.5. The number of thiazole rings is 1. The SMILES string of the molecule is Cc1cc(-c2ccc(Nc3nc4ccc(F)cc4s3)c(F)c2)ccc1C(=O)[N+]1(C(=O)O)CCC[C@H]1C. The number of hydrogen-bond donors (Lipinski definition) is 2. The van der Waals surface area contributed by atoms with Crippen molar-refractivity contribution in [1.82, 2.24) is 4.98 Å². The van der Waals surface area contributed by atoms with E-state index >= 15 is 0 Å². The lowest BCUT2D eigenvalue weighted by atomic mass is 9.98. The highest BCUT2D eigenvalue weighted by Gasteiger charge is 2.53. The minimum Gasteiger partial charge on any atom is -0.435 e. The second-order valence-electron chi connectivity index (χ2n) is 9.15. The molecule has 1 aliphatic rings. The highest BCUT2D eigenvalue weighted by atomic mass is 32.1. The van der Waals surface area contributed by atoms with Crippen LogP contribution in [0.1, 0.15) is 35.7 Å². The zero-order valence-electron chi connectivity index (χ0n) is 19.7. The Morgan fingerprint density at radius 2 is 1.83 bits per heavy atom. The van der Waals surface area contributed by atoms with Gasteiger partial charge in [0.25, 0.3) is 0 Å². The van der Waals surface area contributed by atoms with Gasteiger partial charge in [0.05, 0.1) is 28.0 Å². The van der Waals surface area contributed by atoms with Crippen LogP contribution >= 0.6 is 11.3 Å². The maximum absolute atomic E-state index is 15.0. The van der Waals surface area contributed by atoms with Crippen molar-refractivity contribution in [2.24, 2.45) is 0 Å². The maximum Gasteiger partial charge on any atom is 0.521 e. The number of halogens is 2. The number of likely N-dealkylation sites (tertiary alicyclic amines) is 1. The largest absolute Gasteiger partial charge is 0.521 e. The number of anilines is 2. The van der Waals surface area contributed by atoms with Crippen LogP contribution in [0.4, 0.5) is 24.4 Å². The molecular formula is C27H24F2N3O3S+. The van der Waals surface area contributed by atoms with Crippen LogP contribution in [-0.4, -0.2) is 39.2 Å². The lowest BCUT2D eigenvalue weighted by Crippen LogP contribution is -2.58. The quantitative estimate of drug-likeness (QED) is 0.287. The summed E-state index contributed by atoms with van der Waals surface area (Å²) < 4.78 is 28.5. The Balaban J connectivity index is 1.40. The number of benzene rings is 3. The van der Waals surface area contributed by atoms with Gasteiger partial charge >= 0.3 is 12.0 Å². The Labute approximate surface area is 210 Å². The van der Waals surface area contributed by atoms with Crippen LogP contribution in [0.2, 0.25) is 0 Å². The molecule has 0 bridgehead atoms. The summed E-state index contributed by atoms with van der Waals surface area (Å²) >= 11 is 1.23. The number of amides is 2. The third-order valence-electron chi connectivity index (χ3n) is 6.94. The van der Waals surface area contributed by atoms with E-state index in [1.807, 2.05) is 0 Å². The third kappa shape index (κ3) is 4.04. The molecule has 2 N–H and O–H groups in total. The van der Waals surface area contributed by atoms with Crippen LogP contribution in [0.5, 0.6) is 0 Å². The number of nitrogens with one attached hydrogen (secondary N) is 1. The van der Waals surface area contributed by atoms with Crippen LogP contribution in [0, 0.1) is 18.6 Å². The second kappa shape index (κ2) is 9.07.